The standard InChI is InChI=1S/C39H31ClF5N9O4S/c1-52-34-30(12-10-25(40)33(34)37(50-52)51-59(2,57)58)54-38(48-36-24(39(54)56)9-11-27(47-36)23-5-3-4-6-26(23)43)29(15-19-13-21(41)16-22(42)14-19)46-32(55)18-53-31(35(44)45)17-28(49-53)20-7-8-20/h3-6,9-14,16-17,20,29,35H,7-8,15,18H2,1-2H3,(H,46,55)(H,50,51)/t29-/m0/s1. The number of nitrogens with one attached hydrogen (secondary N) is 2. The van der Waals surface area contributed by atoms with Gasteiger partial charge in [-0.25, -0.2) is 40.3 Å². The number of benzene rings is 3. The van der Waals surface area contributed by atoms with E-state index >= 15 is 0 Å². The fourth-order valence-electron chi connectivity index (χ4n) is 7.04. The molecule has 0 radical (unpaired) electrons. The van der Waals surface area contributed by atoms with Gasteiger partial charge in [-0.3, -0.25) is 28.2 Å². The third-order valence-electron chi connectivity index (χ3n) is 9.70. The Morgan fingerprint density at radius 1 is 0.966 bits per heavy atom. The van der Waals surface area contributed by atoms with Crippen molar-refractivity contribution in [2.75, 3.05) is 11.0 Å². The van der Waals surface area contributed by atoms with Gasteiger partial charge >= 0.3 is 0 Å². The number of halogens is 6. The minimum atomic E-state index is -3.89. The SMILES string of the molecule is Cn1nc(NS(C)(=O)=O)c2c(Cl)ccc(-n3c([C@H](Cc4cc(F)cc(F)c4)NC(=O)Cn4nc(C5CC5)cc4C(F)F)nc4nc(-c5ccccc5F)ccc4c3=O)c21. The van der Waals surface area contributed by atoms with Crippen LogP contribution in [0.5, 0.6) is 0 Å². The number of sulfonamides is 1. The van der Waals surface area contributed by atoms with Gasteiger partial charge in [0.1, 0.15) is 35.5 Å². The van der Waals surface area contributed by atoms with Crippen LogP contribution < -0.4 is 15.6 Å². The van der Waals surface area contributed by atoms with Crippen LogP contribution in [0.25, 0.3) is 38.9 Å². The monoisotopic (exact) mass is 851 g/mol. The smallest absolute Gasteiger partial charge is 0.280 e. The van der Waals surface area contributed by atoms with Gasteiger partial charge in [-0.1, -0.05) is 23.7 Å². The normalized spacial score (nSPS) is 13.7. The summed E-state index contributed by atoms with van der Waals surface area (Å²) in [7, 11) is -2.43. The minimum Gasteiger partial charge on any atom is -0.344 e. The first-order valence-electron chi connectivity index (χ1n) is 18.0. The number of amides is 1. The fraction of sp³-hybridized carbons (Fsp3) is 0.231. The van der Waals surface area contributed by atoms with Crippen LogP contribution in [0.15, 0.2) is 77.6 Å². The summed E-state index contributed by atoms with van der Waals surface area (Å²) in [6.07, 6.45) is -0.953. The number of alkyl halides is 2. The topological polar surface area (TPSA) is 159 Å². The molecule has 0 saturated heterocycles. The van der Waals surface area contributed by atoms with E-state index in [4.69, 9.17) is 16.6 Å². The zero-order valence-electron chi connectivity index (χ0n) is 30.9. The van der Waals surface area contributed by atoms with Crippen LogP contribution in [0.1, 0.15) is 54.0 Å². The Hall–Kier alpha value is -6.21. The van der Waals surface area contributed by atoms with Crippen LogP contribution in [-0.4, -0.2) is 54.7 Å². The van der Waals surface area contributed by atoms with Crippen LogP contribution in [0.4, 0.5) is 27.8 Å². The molecule has 8 rings (SSSR count). The molecule has 1 aliphatic carbocycles. The van der Waals surface area contributed by atoms with E-state index in [0.29, 0.717) is 11.8 Å². The Bertz CT molecular complexity index is 2990. The van der Waals surface area contributed by atoms with Crippen LogP contribution >= 0.6 is 11.6 Å². The second-order valence-corrected chi connectivity index (χ2v) is 16.3. The lowest BCUT2D eigenvalue weighted by Gasteiger charge is -2.24. The van der Waals surface area contributed by atoms with E-state index in [2.05, 4.69) is 25.2 Å². The van der Waals surface area contributed by atoms with Crippen molar-refractivity contribution < 1.29 is 35.2 Å². The van der Waals surface area contributed by atoms with E-state index in [0.717, 1.165) is 40.5 Å². The number of fused-ring (bicyclic) bond motifs is 2. The van der Waals surface area contributed by atoms with E-state index < -0.39 is 70.1 Å². The van der Waals surface area contributed by atoms with Crippen LogP contribution in [0, 0.1) is 17.5 Å². The number of rotatable bonds is 12. The highest BCUT2D eigenvalue weighted by molar-refractivity contribution is 7.92. The zero-order chi connectivity index (χ0) is 41.9. The molecule has 4 aromatic heterocycles. The summed E-state index contributed by atoms with van der Waals surface area (Å²) in [5, 5.41) is 11.3. The molecule has 2 N–H and O–H groups in total. The van der Waals surface area contributed by atoms with Crippen LogP contribution in [-0.2, 0) is 34.8 Å². The predicted molar refractivity (Wildman–Crippen MR) is 208 cm³/mol. The Kier molecular flexibility index (Phi) is 10.2. The molecule has 304 valence electrons. The van der Waals surface area contributed by atoms with E-state index in [1.807, 2.05) is 0 Å². The van der Waals surface area contributed by atoms with Gasteiger partial charge in [-0.05, 0) is 73.0 Å². The largest absolute Gasteiger partial charge is 0.344 e. The summed E-state index contributed by atoms with van der Waals surface area (Å²) >= 11 is 6.61. The minimum absolute atomic E-state index is 0.00608. The lowest BCUT2D eigenvalue weighted by molar-refractivity contribution is -0.122. The van der Waals surface area contributed by atoms with Crippen molar-refractivity contribution in [2.45, 2.75) is 44.2 Å². The van der Waals surface area contributed by atoms with Crippen molar-refractivity contribution in [2.24, 2.45) is 7.05 Å². The molecule has 1 atom stereocenters. The van der Waals surface area contributed by atoms with Crippen molar-refractivity contribution >= 4 is 55.3 Å². The number of carbonyl (C=O) groups is 1. The molecule has 59 heavy (non-hydrogen) atoms. The average molecular weight is 852 g/mol. The summed E-state index contributed by atoms with van der Waals surface area (Å²) in [5.41, 5.74) is -0.734. The van der Waals surface area contributed by atoms with Crippen molar-refractivity contribution in [3.8, 4) is 16.9 Å². The van der Waals surface area contributed by atoms with Crippen LogP contribution in [0.2, 0.25) is 5.02 Å². The van der Waals surface area contributed by atoms with E-state index in [1.54, 1.807) is 6.07 Å². The van der Waals surface area contributed by atoms with Crippen molar-refractivity contribution in [3.05, 3.63) is 128 Å². The molecule has 20 heteroatoms. The maximum absolute atomic E-state index is 15.0. The molecule has 1 amide bonds. The predicted octanol–water partition coefficient (Wildman–Crippen LogP) is 6.89. The molecule has 0 unspecified atom stereocenters. The number of aromatic nitrogens is 7. The Morgan fingerprint density at radius 2 is 1.69 bits per heavy atom. The van der Waals surface area contributed by atoms with Gasteiger partial charge in [0.2, 0.25) is 15.9 Å². The fourth-order valence-corrected chi connectivity index (χ4v) is 7.77. The highest BCUT2D eigenvalue weighted by Crippen LogP contribution is 2.40. The molecule has 1 fully saturated rings. The lowest BCUT2D eigenvalue weighted by atomic mass is 10.0. The molecular weight excluding hydrogens is 821 g/mol. The zero-order valence-corrected chi connectivity index (χ0v) is 32.5. The summed E-state index contributed by atoms with van der Waals surface area (Å²) in [6.45, 7) is -0.707. The summed E-state index contributed by atoms with van der Waals surface area (Å²) in [4.78, 5) is 38.1. The summed E-state index contributed by atoms with van der Waals surface area (Å²) < 4.78 is 103. The van der Waals surface area contributed by atoms with Crippen LogP contribution in [0.3, 0.4) is 0 Å². The summed E-state index contributed by atoms with van der Waals surface area (Å²) in [5.74, 6) is -3.84. The maximum atomic E-state index is 15.0. The molecule has 13 nitrogen and oxygen atoms in total. The third-order valence-corrected chi connectivity index (χ3v) is 10.6. The molecule has 0 spiro atoms. The Morgan fingerprint density at radius 3 is 2.37 bits per heavy atom. The third kappa shape index (κ3) is 7.99. The van der Waals surface area contributed by atoms with E-state index in [9.17, 15) is 40.0 Å². The average Bonchev–Trinajstić information content (AvgIpc) is 3.84. The number of hydrogen-bond acceptors (Lipinski definition) is 8. The number of nitrogens with zero attached hydrogens (tertiary/aromatic N) is 7. The number of carbonyl (C=O) groups excluding carboxylic acids is 1. The van der Waals surface area contributed by atoms with Crippen molar-refractivity contribution in [1.82, 2.24) is 39.4 Å². The number of pyridine rings is 1. The quantitative estimate of drug-likeness (QED) is 0.126. The summed E-state index contributed by atoms with van der Waals surface area (Å²) in [6, 6.07) is 13.8. The van der Waals surface area contributed by atoms with Gasteiger partial charge in [-0.2, -0.15) is 10.2 Å². The van der Waals surface area contributed by atoms with Gasteiger partial charge < -0.3 is 5.32 Å². The van der Waals surface area contributed by atoms with Gasteiger partial charge in [0.05, 0.1) is 50.7 Å². The molecule has 3 aromatic carbocycles. The maximum Gasteiger partial charge on any atom is 0.280 e. The van der Waals surface area contributed by atoms with Gasteiger partial charge in [0.25, 0.3) is 12.0 Å². The van der Waals surface area contributed by atoms with Gasteiger partial charge in [0.15, 0.2) is 11.5 Å². The molecule has 4 heterocycles. The van der Waals surface area contributed by atoms with E-state index in [1.165, 1.54) is 60.3 Å². The number of anilines is 1. The Labute approximate surface area is 336 Å². The highest BCUT2D eigenvalue weighted by Gasteiger charge is 2.31. The van der Waals surface area contributed by atoms with E-state index in [-0.39, 0.29) is 67.0 Å². The highest BCUT2D eigenvalue weighted by atomic mass is 35.5. The first-order valence-corrected chi connectivity index (χ1v) is 20.2. The molecule has 1 aliphatic rings. The molecule has 1 saturated carbocycles. The second-order valence-electron chi connectivity index (χ2n) is 14.1. The Balaban J connectivity index is 1.36. The lowest BCUT2D eigenvalue weighted by Crippen LogP contribution is -2.38. The first-order chi connectivity index (χ1) is 28.0. The van der Waals surface area contributed by atoms with Gasteiger partial charge in [0, 0.05) is 31.0 Å². The van der Waals surface area contributed by atoms with Crippen molar-refractivity contribution in [3.63, 3.8) is 0 Å². The molecule has 7 aromatic rings. The first kappa shape index (κ1) is 39.6. The molecule has 0 bridgehead atoms. The molecule has 0 aliphatic heterocycles. The second kappa shape index (κ2) is 15.2. The number of hydrogen-bond donors (Lipinski definition) is 2. The van der Waals surface area contributed by atoms with Crippen molar-refractivity contribution in [1.29, 1.82) is 0 Å². The molecular formula is C39H31ClF5N9O4S. The number of aryl methyl sites for hydroxylation is 1. The van der Waals surface area contributed by atoms with Gasteiger partial charge in [-0.15, -0.1) is 0 Å².